The summed E-state index contributed by atoms with van der Waals surface area (Å²) in [6.45, 7) is 3.84. The second-order valence-corrected chi connectivity index (χ2v) is 4.26. The lowest BCUT2D eigenvalue weighted by Gasteiger charge is -2.19. The van der Waals surface area contributed by atoms with Gasteiger partial charge >= 0.3 is 0 Å². The van der Waals surface area contributed by atoms with Crippen LogP contribution in [0.5, 0.6) is 0 Å². The number of anilines is 1. The van der Waals surface area contributed by atoms with E-state index in [1.807, 2.05) is 0 Å². The van der Waals surface area contributed by atoms with Crippen molar-refractivity contribution in [2.45, 2.75) is 19.9 Å². The van der Waals surface area contributed by atoms with Crippen LogP contribution >= 0.6 is 15.9 Å². The monoisotopic (exact) mass is 256 g/mol. The molecule has 0 aliphatic rings. The van der Waals surface area contributed by atoms with E-state index in [4.69, 9.17) is 5.73 Å². The van der Waals surface area contributed by atoms with Crippen molar-refractivity contribution in [3.63, 3.8) is 0 Å². The minimum Gasteiger partial charge on any atom is -0.375 e. The van der Waals surface area contributed by atoms with Crippen molar-refractivity contribution >= 4 is 21.6 Å². The summed E-state index contributed by atoms with van der Waals surface area (Å²) < 4.78 is 1.10. The Morgan fingerprint density at radius 3 is 2.64 bits per heavy atom. The molecule has 0 amide bonds. The van der Waals surface area contributed by atoms with Crippen molar-refractivity contribution in [1.82, 2.24) is 0 Å². The summed E-state index contributed by atoms with van der Waals surface area (Å²) in [7, 11) is 2.10. The third-order valence-electron chi connectivity index (χ3n) is 2.26. The number of halogens is 1. The van der Waals surface area contributed by atoms with Crippen LogP contribution in [-0.2, 0) is 6.54 Å². The Bertz CT molecular complexity index is 299. The first-order valence-electron chi connectivity index (χ1n) is 4.88. The number of hydrogen-bond donors (Lipinski definition) is 1. The molecule has 0 fully saturated rings. The molecule has 2 N–H and O–H groups in total. The van der Waals surface area contributed by atoms with E-state index in [0.29, 0.717) is 6.54 Å². The van der Waals surface area contributed by atoms with Gasteiger partial charge in [-0.15, -0.1) is 0 Å². The topological polar surface area (TPSA) is 29.3 Å². The molecule has 2 nitrogen and oxygen atoms in total. The normalized spacial score (nSPS) is 10.3. The Labute approximate surface area is 94.2 Å². The number of benzene rings is 1. The van der Waals surface area contributed by atoms with E-state index < -0.39 is 0 Å². The molecular weight excluding hydrogens is 240 g/mol. The highest BCUT2D eigenvalue weighted by molar-refractivity contribution is 9.10. The van der Waals surface area contributed by atoms with Crippen molar-refractivity contribution < 1.29 is 0 Å². The van der Waals surface area contributed by atoms with E-state index in [0.717, 1.165) is 23.0 Å². The van der Waals surface area contributed by atoms with Gasteiger partial charge in [-0.3, -0.25) is 0 Å². The average molecular weight is 257 g/mol. The Kier molecular flexibility index (Phi) is 4.42. The van der Waals surface area contributed by atoms with Gasteiger partial charge in [0.05, 0.1) is 0 Å². The second kappa shape index (κ2) is 5.37. The third-order valence-corrected chi connectivity index (χ3v) is 2.99. The molecule has 0 radical (unpaired) electrons. The third kappa shape index (κ3) is 2.72. The number of rotatable bonds is 4. The fourth-order valence-electron chi connectivity index (χ4n) is 1.40. The van der Waals surface area contributed by atoms with Crippen LogP contribution in [0.3, 0.4) is 0 Å². The number of nitrogens with zero attached hydrogens (tertiary/aromatic N) is 1. The first-order chi connectivity index (χ1) is 6.69. The average Bonchev–Trinajstić information content (AvgIpc) is 2.18. The van der Waals surface area contributed by atoms with E-state index in [1.54, 1.807) is 0 Å². The summed E-state index contributed by atoms with van der Waals surface area (Å²) >= 11 is 3.52. The molecule has 0 atom stereocenters. The zero-order valence-corrected chi connectivity index (χ0v) is 10.3. The van der Waals surface area contributed by atoms with Gasteiger partial charge in [0, 0.05) is 30.3 Å². The van der Waals surface area contributed by atoms with Crippen LogP contribution in [0.4, 0.5) is 5.69 Å². The predicted octanol–water partition coefficient (Wildman–Crippen LogP) is 2.75. The van der Waals surface area contributed by atoms with Crippen LogP contribution in [0.2, 0.25) is 0 Å². The van der Waals surface area contributed by atoms with E-state index in [-0.39, 0.29) is 0 Å². The molecule has 0 aliphatic heterocycles. The lowest BCUT2D eigenvalue weighted by atomic mass is 10.2. The van der Waals surface area contributed by atoms with E-state index in [9.17, 15) is 0 Å². The molecule has 3 heteroatoms. The van der Waals surface area contributed by atoms with Crippen molar-refractivity contribution in [1.29, 1.82) is 0 Å². The van der Waals surface area contributed by atoms with Gasteiger partial charge in [-0.05, 0) is 24.1 Å². The number of nitrogens with two attached hydrogens (primary N) is 1. The van der Waals surface area contributed by atoms with Gasteiger partial charge in [0.2, 0.25) is 0 Å². The minimum absolute atomic E-state index is 0.582. The lowest BCUT2D eigenvalue weighted by molar-refractivity contribution is 0.851. The lowest BCUT2D eigenvalue weighted by Crippen LogP contribution is -2.17. The fraction of sp³-hybridized carbons (Fsp3) is 0.455. The zero-order chi connectivity index (χ0) is 10.6. The molecule has 0 aliphatic carbocycles. The molecule has 0 spiro atoms. The van der Waals surface area contributed by atoms with Gasteiger partial charge in [0.1, 0.15) is 0 Å². The molecule has 0 unspecified atom stereocenters. The predicted molar refractivity (Wildman–Crippen MR) is 65.6 cm³/mol. The highest BCUT2D eigenvalue weighted by Gasteiger charge is 2.02. The summed E-state index contributed by atoms with van der Waals surface area (Å²) in [5, 5.41) is 0. The molecule has 78 valence electrons. The van der Waals surface area contributed by atoms with Crippen LogP contribution in [0.1, 0.15) is 18.9 Å². The molecule has 0 aromatic heterocycles. The smallest absolute Gasteiger partial charge is 0.0375 e. The maximum Gasteiger partial charge on any atom is 0.0375 e. The maximum atomic E-state index is 5.59. The van der Waals surface area contributed by atoms with Crippen LogP contribution in [0.15, 0.2) is 22.7 Å². The Morgan fingerprint density at radius 1 is 1.43 bits per heavy atom. The summed E-state index contributed by atoms with van der Waals surface area (Å²) in [4.78, 5) is 2.24. The Hall–Kier alpha value is -0.540. The van der Waals surface area contributed by atoms with E-state index in [2.05, 4.69) is 53.0 Å². The summed E-state index contributed by atoms with van der Waals surface area (Å²) in [5.41, 5.74) is 7.98. The standard InChI is InChI=1S/C11H17BrN2/c1-3-6-14(2)10-5-4-9(8-13)11(12)7-10/h4-5,7H,3,6,8,13H2,1-2H3. The largest absolute Gasteiger partial charge is 0.375 e. The van der Waals surface area contributed by atoms with Crippen LogP contribution in [-0.4, -0.2) is 13.6 Å². The number of hydrogen-bond acceptors (Lipinski definition) is 2. The Balaban J connectivity index is 2.85. The van der Waals surface area contributed by atoms with E-state index >= 15 is 0 Å². The molecule has 0 saturated carbocycles. The summed E-state index contributed by atoms with van der Waals surface area (Å²) in [6.07, 6.45) is 1.16. The van der Waals surface area contributed by atoms with Crippen LogP contribution < -0.4 is 10.6 Å². The molecular formula is C11H17BrN2. The molecule has 14 heavy (non-hydrogen) atoms. The summed E-state index contributed by atoms with van der Waals surface area (Å²) in [6, 6.07) is 6.31. The first-order valence-corrected chi connectivity index (χ1v) is 5.68. The molecule has 0 bridgehead atoms. The minimum atomic E-state index is 0.582. The van der Waals surface area contributed by atoms with Crippen molar-refractivity contribution in [3.05, 3.63) is 28.2 Å². The zero-order valence-electron chi connectivity index (χ0n) is 8.76. The molecule has 1 rings (SSSR count). The molecule has 1 aromatic rings. The van der Waals surface area contributed by atoms with E-state index in [1.165, 1.54) is 5.69 Å². The van der Waals surface area contributed by atoms with Crippen LogP contribution in [0.25, 0.3) is 0 Å². The maximum absolute atomic E-state index is 5.59. The van der Waals surface area contributed by atoms with Crippen molar-refractivity contribution in [2.75, 3.05) is 18.5 Å². The fourth-order valence-corrected chi connectivity index (χ4v) is 1.93. The van der Waals surface area contributed by atoms with Crippen LogP contribution in [0, 0.1) is 0 Å². The summed E-state index contributed by atoms with van der Waals surface area (Å²) in [5.74, 6) is 0. The van der Waals surface area contributed by atoms with Crippen molar-refractivity contribution in [2.24, 2.45) is 5.73 Å². The van der Waals surface area contributed by atoms with Gasteiger partial charge in [0.25, 0.3) is 0 Å². The highest BCUT2D eigenvalue weighted by atomic mass is 79.9. The molecule has 0 saturated heterocycles. The Morgan fingerprint density at radius 2 is 2.14 bits per heavy atom. The highest BCUT2D eigenvalue weighted by Crippen LogP contribution is 2.23. The second-order valence-electron chi connectivity index (χ2n) is 3.40. The molecule has 1 aromatic carbocycles. The quantitative estimate of drug-likeness (QED) is 0.898. The first kappa shape index (κ1) is 11.5. The SMILES string of the molecule is CCCN(C)c1ccc(CN)c(Br)c1. The van der Waals surface area contributed by atoms with Gasteiger partial charge in [-0.25, -0.2) is 0 Å². The van der Waals surface area contributed by atoms with Gasteiger partial charge in [-0.1, -0.05) is 28.9 Å². The molecule has 0 heterocycles. The van der Waals surface area contributed by atoms with Gasteiger partial charge < -0.3 is 10.6 Å². The van der Waals surface area contributed by atoms with Crippen molar-refractivity contribution in [3.8, 4) is 0 Å². The van der Waals surface area contributed by atoms with Gasteiger partial charge in [-0.2, -0.15) is 0 Å². The van der Waals surface area contributed by atoms with Gasteiger partial charge in [0.15, 0.2) is 0 Å².